The van der Waals surface area contributed by atoms with Gasteiger partial charge in [0.05, 0.1) is 4.88 Å². The summed E-state index contributed by atoms with van der Waals surface area (Å²) in [5, 5.41) is 1.88. The molecular formula is C11H7BrF2OS. The molecule has 0 aliphatic heterocycles. The van der Waals surface area contributed by atoms with E-state index in [4.69, 9.17) is 4.74 Å². The van der Waals surface area contributed by atoms with Gasteiger partial charge in [-0.15, -0.1) is 11.3 Å². The highest BCUT2D eigenvalue weighted by Gasteiger charge is 2.10. The molecule has 0 spiro atoms. The minimum atomic E-state index is -0.687. The zero-order chi connectivity index (χ0) is 11.5. The van der Waals surface area contributed by atoms with Crippen molar-refractivity contribution in [2.45, 2.75) is 6.61 Å². The van der Waals surface area contributed by atoms with Gasteiger partial charge in [0.15, 0.2) is 17.4 Å². The van der Waals surface area contributed by atoms with Crippen LogP contribution >= 0.6 is 27.3 Å². The highest BCUT2D eigenvalue weighted by molar-refractivity contribution is 9.10. The molecule has 0 radical (unpaired) electrons. The molecule has 0 bridgehead atoms. The molecule has 84 valence electrons. The maximum Gasteiger partial charge on any atom is 0.191 e. The first-order chi connectivity index (χ1) is 7.68. The minimum Gasteiger partial charge on any atom is -0.482 e. The lowest BCUT2D eigenvalue weighted by Crippen LogP contribution is -1.98. The van der Waals surface area contributed by atoms with Crippen molar-refractivity contribution in [3.05, 3.63) is 50.6 Å². The number of hydrogen-bond acceptors (Lipinski definition) is 2. The summed E-state index contributed by atoms with van der Waals surface area (Å²) in [6, 6.07) is 5.50. The fraction of sp³-hybridized carbons (Fsp3) is 0.0909. The van der Waals surface area contributed by atoms with Gasteiger partial charge in [0, 0.05) is 4.47 Å². The molecule has 1 aromatic heterocycles. The number of para-hydroxylation sites is 1. The summed E-state index contributed by atoms with van der Waals surface area (Å²) in [5.74, 6) is -1.71. The second-order valence-corrected chi connectivity index (χ2v) is 4.89. The SMILES string of the molecule is Fc1cccc(F)c1OCc1sccc1Br. The Kier molecular flexibility index (Phi) is 3.56. The van der Waals surface area contributed by atoms with E-state index in [1.165, 1.54) is 29.5 Å². The van der Waals surface area contributed by atoms with Gasteiger partial charge in [0.2, 0.25) is 0 Å². The maximum absolute atomic E-state index is 13.2. The molecule has 2 aromatic rings. The van der Waals surface area contributed by atoms with Crippen LogP contribution in [0.1, 0.15) is 4.88 Å². The molecule has 1 nitrogen and oxygen atoms in total. The third-order valence-corrected chi connectivity index (χ3v) is 3.86. The van der Waals surface area contributed by atoms with E-state index < -0.39 is 11.6 Å². The lowest BCUT2D eigenvalue weighted by atomic mass is 10.3. The molecule has 0 saturated heterocycles. The number of ether oxygens (including phenoxy) is 1. The number of thiophene rings is 1. The predicted molar refractivity (Wildman–Crippen MR) is 62.7 cm³/mol. The van der Waals surface area contributed by atoms with Crippen molar-refractivity contribution in [1.29, 1.82) is 0 Å². The molecule has 0 unspecified atom stereocenters. The Balaban J connectivity index is 2.14. The lowest BCUT2D eigenvalue weighted by Gasteiger charge is -2.07. The van der Waals surface area contributed by atoms with Crippen molar-refractivity contribution < 1.29 is 13.5 Å². The molecule has 0 fully saturated rings. The Morgan fingerprint density at radius 2 is 1.88 bits per heavy atom. The summed E-state index contributed by atoms with van der Waals surface area (Å²) in [6.07, 6.45) is 0. The van der Waals surface area contributed by atoms with E-state index in [9.17, 15) is 8.78 Å². The average molecular weight is 305 g/mol. The quantitative estimate of drug-likeness (QED) is 0.818. The van der Waals surface area contributed by atoms with Gasteiger partial charge in [0.1, 0.15) is 6.61 Å². The van der Waals surface area contributed by atoms with Crippen LogP contribution in [0, 0.1) is 11.6 Å². The summed E-state index contributed by atoms with van der Waals surface area (Å²) < 4.78 is 32.4. The molecule has 2 rings (SSSR count). The molecule has 1 heterocycles. The largest absolute Gasteiger partial charge is 0.482 e. The minimum absolute atomic E-state index is 0.149. The molecule has 0 saturated carbocycles. The van der Waals surface area contributed by atoms with Gasteiger partial charge in [-0.2, -0.15) is 0 Å². The van der Waals surface area contributed by atoms with Gasteiger partial charge >= 0.3 is 0 Å². The molecule has 0 N–H and O–H groups in total. The third-order valence-electron chi connectivity index (χ3n) is 1.96. The van der Waals surface area contributed by atoms with E-state index >= 15 is 0 Å². The Bertz CT molecular complexity index is 478. The van der Waals surface area contributed by atoms with Crippen LogP contribution in [0.2, 0.25) is 0 Å². The first-order valence-corrected chi connectivity index (χ1v) is 6.14. The van der Waals surface area contributed by atoms with Crippen LogP contribution < -0.4 is 4.74 Å². The van der Waals surface area contributed by atoms with Crippen LogP contribution in [-0.4, -0.2) is 0 Å². The van der Waals surface area contributed by atoms with Crippen molar-refractivity contribution in [3.63, 3.8) is 0 Å². The van der Waals surface area contributed by atoms with Crippen LogP contribution in [0.25, 0.3) is 0 Å². The van der Waals surface area contributed by atoms with Crippen LogP contribution in [-0.2, 0) is 6.61 Å². The summed E-state index contributed by atoms with van der Waals surface area (Å²) in [5.41, 5.74) is 0. The Morgan fingerprint density at radius 3 is 2.44 bits per heavy atom. The van der Waals surface area contributed by atoms with Crippen LogP contribution in [0.4, 0.5) is 8.78 Å². The fourth-order valence-electron chi connectivity index (χ4n) is 1.19. The van der Waals surface area contributed by atoms with Crippen molar-refractivity contribution in [3.8, 4) is 5.75 Å². The molecule has 5 heteroatoms. The maximum atomic E-state index is 13.2. The van der Waals surface area contributed by atoms with E-state index in [0.29, 0.717) is 0 Å². The van der Waals surface area contributed by atoms with E-state index in [0.717, 1.165) is 9.35 Å². The second kappa shape index (κ2) is 4.93. The first-order valence-electron chi connectivity index (χ1n) is 4.47. The van der Waals surface area contributed by atoms with E-state index in [1.54, 1.807) is 0 Å². The fourth-order valence-corrected chi connectivity index (χ4v) is 2.56. The molecule has 16 heavy (non-hydrogen) atoms. The molecule has 0 amide bonds. The smallest absolute Gasteiger partial charge is 0.191 e. The van der Waals surface area contributed by atoms with Crippen LogP contribution in [0.15, 0.2) is 34.1 Å². The number of halogens is 3. The molecule has 1 aromatic carbocycles. The molecule has 0 atom stereocenters. The van der Waals surface area contributed by atoms with Gasteiger partial charge in [0.25, 0.3) is 0 Å². The topological polar surface area (TPSA) is 9.23 Å². The number of rotatable bonds is 3. The van der Waals surface area contributed by atoms with Gasteiger partial charge in [-0.1, -0.05) is 6.07 Å². The van der Waals surface area contributed by atoms with Gasteiger partial charge in [-0.3, -0.25) is 0 Å². The Labute approximate surface area is 104 Å². The highest BCUT2D eigenvalue weighted by Crippen LogP contribution is 2.26. The van der Waals surface area contributed by atoms with Crippen molar-refractivity contribution in [2.75, 3.05) is 0 Å². The van der Waals surface area contributed by atoms with Crippen LogP contribution in [0.3, 0.4) is 0 Å². The highest BCUT2D eigenvalue weighted by atomic mass is 79.9. The Hall–Kier alpha value is -0.940. The first kappa shape index (κ1) is 11.5. The van der Waals surface area contributed by atoms with Crippen molar-refractivity contribution in [2.24, 2.45) is 0 Å². The summed E-state index contributed by atoms with van der Waals surface area (Å²) in [6.45, 7) is 0.149. The number of benzene rings is 1. The van der Waals surface area contributed by atoms with Gasteiger partial charge in [-0.05, 0) is 39.5 Å². The van der Waals surface area contributed by atoms with Crippen molar-refractivity contribution in [1.82, 2.24) is 0 Å². The third kappa shape index (κ3) is 2.41. The molecule has 0 aliphatic carbocycles. The standard InChI is InChI=1S/C11H7BrF2OS/c12-7-4-5-16-10(7)6-15-11-8(13)2-1-3-9(11)14/h1-5H,6H2. The van der Waals surface area contributed by atoms with Crippen molar-refractivity contribution >= 4 is 27.3 Å². The van der Waals surface area contributed by atoms with E-state index in [2.05, 4.69) is 15.9 Å². The predicted octanol–water partition coefficient (Wildman–Crippen LogP) is 4.37. The van der Waals surface area contributed by atoms with E-state index in [-0.39, 0.29) is 12.4 Å². The van der Waals surface area contributed by atoms with Gasteiger partial charge < -0.3 is 4.74 Å². The molecular weight excluding hydrogens is 298 g/mol. The summed E-state index contributed by atoms with van der Waals surface area (Å²) in [4.78, 5) is 0.891. The molecule has 0 aliphatic rings. The Morgan fingerprint density at radius 1 is 1.19 bits per heavy atom. The lowest BCUT2D eigenvalue weighted by molar-refractivity contribution is 0.276. The van der Waals surface area contributed by atoms with E-state index in [1.807, 2.05) is 11.4 Å². The second-order valence-electron chi connectivity index (χ2n) is 3.03. The number of hydrogen-bond donors (Lipinski definition) is 0. The van der Waals surface area contributed by atoms with Gasteiger partial charge in [-0.25, -0.2) is 8.78 Å². The zero-order valence-electron chi connectivity index (χ0n) is 8.04. The summed E-state index contributed by atoms with van der Waals surface area (Å²) in [7, 11) is 0. The monoisotopic (exact) mass is 304 g/mol. The summed E-state index contributed by atoms with van der Waals surface area (Å²) >= 11 is 4.78. The normalized spacial score (nSPS) is 10.4. The van der Waals surface area contributed by atoms with Crippen LogP contribution in [0.5, 0.6) is 5.75 Å². The zero-order valence-corrected chi connectivity index (χ0v) is 10.4. The average Bonchev–Trinajstić information content (AvgIpc) is 2.64.